The van der Waals surface area contributed by atoms with Crippen LogP contribution < -0.4 is 16.0 Å². The zero-order valence-electron chi connectivity index (χ0n) is 11.4. The molecule has 6 heteroatoms. The first-order valence-corrected chi connectivity index (χ1v) is 7.08. The summed E-state index contributed by atoms with van der Waals surface area (Å²) in [5.74, 6) is -0.101. The van der Waals surface area contributed by atoms with E-state index in [1.165, 1.54) is 0 Å². The van der Waals surface area contributed by atoms with Gasteiger partial charge in [0.2, 0.25) is 0 Å². The van der Waals surface area contributed by atoms with E-state index >= 15 is 0 Å². The van der Waals surface area contributed by atoms with Gasteiger partial charge in [0.25, 0.3) is 5.91 Å². The quantitative estimate of drug-likeness (QED) is 0.735. The Hall–Kier alpha value is -1.66. The van der Waals surface area contributed by atoms with E-state index in [-0.39, 0.29) is 12.0 Å². The Labute approximate surface area is 124 Å². The van der Waals surface area contributed by atoms with Crippen LogP contribution in [-0.2, 0) is 4.74 Å². The maximum Gasteiger partial charge on any atom is 0.251 e. The summed E-state index contributed by atoms with van der Waals surface area (Å²) in [4.78, 5) is 11.4. The number of anilines is 1. The van der Waals surface area contributed by atoms with Crippen LogP contribution in [0, 0.1) is 0 Å². The lowest BCUT2D eigenvalue weighted by molar-refractivity contribution is 0.0963. The molecule has 1 heterocycles. The fourth-order valence-corrected chi connectivity index (χ4v) is 2.24. The van der Waals surface area contributed by atoms with Crippen LogP contribution in [-0.4, -0.2) is 37.3 Å². The first-order valence-electron chi connectivity index (χ1n) is 6.67. The average molecular weight is 293 g/mol. The van der Waals surface area contributed by atoms with Crippen LogP contribution in [0.1, 0.15) is 23.2 Å². The van der Waals surface area contributed by atoms with Crippen molar-refractivity contribution in [2.75, 3.05) is 25.5 Å². The number of hydrogen-bond acceptors (Lipinski definition) is 3. The van der Waals surface area contributed by atoms with Gasteiger partial charge in [-0.1, -0.05) is 0 Å². The lowest BCUT2D eigenvalue weighted by atomic mass is 10.2. The number of hydrogen-bond donors (Lipinski definition) is 3. The van der Waals surface area contributed by atoms with Crippen molar-refractivity contribution in [2.45, 2.75) is 18.9 Å². The third-order valence-electron chi connectivity index (χ3n) is 3.15. The fraction of sp³-hybridized carbons (Fsp3) is 0.429. The van der Waals surface area contributed by atoms with E-state index in [4.69, 9.17) is 17.0 Å². The van der Waals surface area contributed by atoms with Crippen LogP contribution in [0.2, 0.25) is 0 Å². The van der Waals surface area contributed by atoms with Crippen molar-refractivity contribution in [3.05, 3.63) is 29.8 Å². The summed E-state index contributed by atoms with van der Waals surface area (Å²) in [6, 6.07) is 7.16. The summed E-state index contributed by atoms with van der Waals surface area (Å²) in [5, 5.41) is 9.37. The maximum absolute atomic E-state index is 11.4. The molecule has 1 atom stereocenters. The first-order chi connectivity index (χ1) is 9.69. The molecule has 1 amide bonds. The van der Waals surface area contributed by atoms with E-state index in [0.29, 0.717) is 10.7 Å². The summed E-state index contributed by atoms with van der Waals surface area (Å²) >= 11 is 5.22. The molecule has 1 aromatic carbocycles. The predicted molar refractivity (Wildman–Crippen MR) is 83.0 cm³/mol. The number of thiocarbonyl (C=S) groups is 1. The molecule has 1 saturated heterocycles. The lowest BCUT2D eigenvalue weighted by Gasteiger charge is -2.14. The van der Waals surface area contributed by atoms with E-state index < -0.39 is 0 Å². The van der Waals surface area contributed by atoms with Crippen molar-refractivity contribution in [3.63, 3.8) is 0 Å². The lowest BCUT2D eigenvalue weighted by Crippen LogP contribution is -2.34. The highest BCUT2D eigenvalue weighted by atomic mass is 32.1. The number of amides is 1. The van der Waals surface area contributed by atoms with E-state index in [2.05, 4.69) is 16.0 Å². The molecular formula is C14H19N3O2S. The van der Waals surface area contributed by atoms with Crippen molar-refractivity contribution in [1.82, 2.24) is 10.6 Å². The van der Waals surface area contributed by atoms with Gasteiger partial charge in [-0.25, -0.2) is 0 Å². The average Bonchev–Trinajstić information content (AvgIpc) is 2.98. The number of benzene rings is 1. The normalized spacial score (nSPS) is 17.6. The second-order valence-electron chi connectivity index (χ2n) is 4.63. The summed E-state index contributed by atoms with van der Waals surface area (Å²) in [7, 11) is 1.61. The molecule has 0 aliphatic carbocycles. The number of nitrogens with one attached hydrogen (secondary N) is 3. The van der Waals surface area contributed by atoms with Gasteiger partial charge in [-0.05, 0) is 49.3 Å². The Bertz CT molecular complexity index is 470. The highest BCUT2D eigenvalue weighted by Crippen LogP contribution is 2.11. The molecule has 108 valence electrons. The van der Waals surface area contributed by atoms with E-state index in [9.17, 15) is 4.79 Å². The second kappa shape index (κ2) is 7.21. The Balaban J connectivity index is 1.80. The molecule has 0 saturated carbocycles. The van der Waals surface area contributed by atoms with E-state index in [0.717, 1.165) is 31.7 Å². The zero-order valence-corrected chi connectivity index (χ0v) is 12.3. The molecule has 0 aromatic heterocycles. The van der Waals surface area contributed by atoms with Gasteiger partial charge in [0.1, 0.15) is 0 Å². The van der Waals surface area contributed by atoms with Crippen LogP contribution in [0.3, 0.4) is 0 Å². The molecule has 0 bridgehead atoms. The molecule has 1 fully saturated rings. The molecule has 0 radical (unpaired) electrons. The van der Waals surface area contributed by atoms with Gasteiger partial charge in [0.05, 0.1) is 6.10 Å². The van der Waals surface area contributed by atoms with E-state index in [1.807, 2.05) is 12.1 Å². The molecule has 2 rings (SSSR count). The predicted octanol–water partition coefficient (Wildman–Crippen LogP) is 1.51. The standard InChI is InChI=1S/C14H19N3O2S/c1-15-13(18)10-4-6-11(7-5-10)17-14(20)16-9-12-3-2-8-19-12/h4-7,12H,2-3,8-9H2,1H3,(H,15,18)(H2,16,17,20)/t12-/m0/s1. The monoisotopic (exact) mass is 293 g/mol. The minimum atomic E-state index is -0.101. The minimum Gasteiger partial charge on any atom is -0.376 e. The van der Waals surface area contributed by atoms with Crippen molar-refractivity contribution in [3.8, 4) is 0 Å². The van der Waals surface area contributed by atoms with Crippen LogP contribution in [0.4, 0.5) is 5.69 Å². The Kier molecular flexibility index (Phi) is 5.31. The minimum absolute atomic E-state index is 0.101. The third kappa shape index (κ3) is 4.18. The van der Waals surface area contributed by atoms with Crippen molar-refractivity contribution < 1.29 is 9.53 Å². The van der Waals surface area contributed by atoms with Crippen LogP contribution >= 0.6 is 12.2 Å². The SMILES string of the molecule is CNC(=O)c1ccc(NC(=S)NC[C@@H]2CCCO2)cc1. The molecule has 5 nitrogen and oxygen atoms in total. The molecule has 3 N–H and O–H groups in total. The Morgan fingerprint density at radius 2 is 2.15 bits per heavy atom. The smallest absolute Gasteiger partial charge is 0.251 e. The largest absolute Gasteiger partial charge is 0.376 e. The van der Waals surface area contributed by atoms with Gasteiger partial charge in [-0.15, -0.1) is 0 Å². The summed E-state index contributed by atoms with van der Waals surface area (Å²) in [6.07, 6.45) is 2.45. The van der Waals surface area contributed by atoms with Gasteiger partial charge in [0.15, 0.2) is 5.11 Å². The van der Waals surface area contributed by atoms with Gasteiger partial charge >= 0.3 is 0 Å². The van der Waals surface area contributed by atoms with E-state index in [1.54, 1.807) is 19.2 Å². The number of ether oxygens (including phenoxy) is 1. The molecular weight excluding hydrogens is 274 g/mol. The Morgan fingerprint density at radius 3 is 2.75 bits per heavy atom. The zero-order chi connectivity index (χ0) is 14.4. The molecule has 0 spiro atoms. The summed E-state index contributed by atoms with van der Waals surface area (Å²) < 4.78 is 5.51. The molecule has 1 aliphatic rings. The number of carbonyl (C=O) groups excluding carboxylic acids is 1. The van der Waals surface area contributed by atoms with Crippen molar-refractivity contribution >= 4 is 28.9 Å². The summed E-state index contributed by atoms with van der Waals surface area (Å²) in [5.41, 5.74) is 1.47. The Morgan fingerprint density at radius 1 is 1.40 bits per heavy atom. The maximum atomic E-state index is 11.4. The van der Waals surface area contributed by atoms with Crippen molar-refractivity contribution in [2.24, 2.45) is 0 Å². The molecule has 20 heavy (non-hydrogen) atoms. The number of rotatable bonds is 4. The second-order valence-corrected chi connectivity index (χ2v) is 5.03. The van der Waals surface area contributed by atoms with Gasteiger partial charge < -0.3 is 20.7 Å². The van der Waals surface area contributed by atoms with Gasteiger partial charge in [-0.3, -0.25) is 4.79 Å². The van der Waals surface area contributed by atoms with Crippen LogP contribution in [0.15, 0.2) is 24.3 Å². The number of carbonyl (C=O) groups is 1. The highest BCUT2D eigenvalue weighted by Gasteiger charge is 2.15. The summed E-state index contributed by atoms with van der Waals surface area (Å²) in [6.45, 7) is 1.57. The first kappa shape index (κ1) is 14.7. The fourth-order valence-electron chi connectivity index (χ4n) is 2.04. The highest BCUT2D eigenvalue weighted by molar-refractivity contribution is 7.80. The third-order valence-corrected chi connectivity index (χ3v) is 3.39. The van der Waals surface area contributed by atoms with Crippen LogP contribution in [0.25, 0.3) is 0 Å². The topological polar surface area (TPSA) is 62.4 Å². The van der Waals surface area contributed by atoms with Crippen molar-refractivity contribution in [1.29, 1.82) is 0 Å². The molecule has 1 aromatic rings. The van der Waals surface area contributed by atoms with Crippen LogP contribution in [0.5, 0.6) is 0 Å². The molecule has 1 aliphatic heterocycles. The van der Waals surface area contributed by atoms with Gasteiger partial charge in [-0.2, -0.15) is 0 Å². The molecule has 0 unspecified atom stereocenters. The van der Waals surface area contributed by atoms with Gasteiger partial charge in [0, 0.05) is 31.5 Å².